The second kappa shape index (κ2) is 8.10. The van der Waals surface area contributed by atoms with Crippen LogP contribution in [0.5, 0.6) is 0 Å². The summed E-state index contributed by atoms with van der Waals surface area (Å²) in [6.07, 6.45) is 8.64. The Hall–Kier alpha value is -2.43. The largest absolute Gasteiger partial charge is 0.370 e. The zero-order chi connectivity index (χ0) is 17.6. The molecule has 0 radical (unpaired) electrons. The maximum atomic E-state index is 12.5. The monoisotopic (exact) mass is 338 g/mol. The number of nitrogens with zero attached hydrogens (tertiary/aromatic N) is 4. The quantitative estimate of drug-likeness (QED) is 0.841. The van der Waals surface area contributed by atoms with Crippen molar-refractivity contribution in [3.8, 4) is 0 Å². The van der Waals surface area contributed by atoms with Gasteiger partial charge >= 0.3 is 0 Å². The fourth-order valence-corrected chi connectivity index (χ4v) is 3.11. The molecular formula is C20H26N4O. The summed E-state index contributed by atoms with van der Waals surface area (Å²) >= 11 is 0. The van der Waals surface area contributed by atoms with Gasteiger partial charge in [0.1, 0.15) is 5.69 Å². The lowest BCUT2D eigenvalue weighted by molar-refractivity contribution is 0.0791. The van der Waals surface area contributed by atoms with Gasteiger partial charge in [0.2, 0.25) is 0 Å². The van der Waals surface area contributed by atoms with E-state index in [1.54, 1.807) is 17.3 Å². The number of hydrogen-bond acceptors (Lipinski definition) is 4. The van der Waals surface area contributed by atoms with Crippen molar-refractivity contribution in [2.75, 3.05) is 31.6 Å². The minimum absolute atomic E-state index is 0.0344. The van der Waals surface area contributed by atoms with Crippen LogP contribution in [0.3, 0.4) is 0 Å². The topological polar surface area (TPSA) is 49.3 Å². The van der Waals surface area contributed by atoms with E-state index < -0.39 is 0 Å². The Kier molecular flexibility index (Phi) is 5.64. The van der Waals surface area contributed by atoms with Crippen molar-refractivity contribution in [2.45, 2.75) is 26.2 Å². The Bertz CT molecular complexity index is 679. The van der Waals surface area contributed by atoms with Gasteiger partial charge in [-0.1, -0.05) is 6.92 Å². The van der Waals surface area contributed by atoms with Gasteiger partial charge in [-0.25, -0.2) is 4.98 Å². The molecule has 0 atom stereocenters. The SMILES string of the molecule is CC1CCN(c2ccc(C(=O)N(C)CCc3ccncc3)nc2)CC1. The van der Waals surface area contributed by atoms with E-state index in [0.717, 1.165) is 31.1 Å². The molecule has 25 heavy (non-hydrogen) atoms. The zero-order valence-corrected chi connectivity index (χ0v) is 15.1. The minimum atomic E-state index is -0.0344. The Morgan fingerprint density at radius 2 is 1.92 bits per heavy atom. The molecule has 1 aliphatic heterocycles. The molecule has 0 unspecified atom stereocenters. The number of likely N-dealkylation sites (N-methyl/N-ethyl adjacent to an activating group) is 1. The lowest BCUT2D eigenvalue weighted by Gasteiger charge is -2.31. The first kappa shape index (κ1) is 17.4. The Morgan fingerprint density at radius 3 is 2.56 bits per heavy atom. The molecule has 3 heterocycles. The van der Waals surface area contributed by atoms with E-state index >= 15 is 0 Å². The van der Waals surface area contributed by atoms with Gasteiger partial charge < -0.3 is 9.80 Å². The van der Waals surface area contributed by atoms with Crippen LogP contribution >= 0.6 is 0 Å². The molecule has 132 valence electrons. The van der Waals surface area contributed by atoms with E-state index in [-0.39, 0.29) is 5.91 Å². The first-order valence-electron chi connectivity index (χ1n) is 8.99. The van der Waals surface area contributed by atoms with Gasteiger partial charge in [0.05, 0.1) is 11.9 Å². The number of amides is 1. The first-order chi connectivity index (χ1) is 12.1. The number of pyridine rings is 2. The van der Waals surface area contributed by atoms with Crippen molar-refractivity contribution in [1.29, 1.82) is 0 Å². The zero-order valence-electron chi connectivity index (χ0n) is 15.1. The van der Waals surface area contributed by atoms with Gasteiger partial charge in [-0.15, -0.1) is 0 Å². The minimum Gasteiger partial charge on any atom is -0.370 e. The molecule has 0 saturated carbocycles. The third-order valence-corrected chi connectivity index (χ3v) is 4.95. The molecule has 0 N–H and O–H groups in total. The predicted molar refractivity (Wildman–Crippen MR) is 99.7 cm³/mol. The summed E-state index contributed by atoms with van der Waals surface area (Å²) in [5.74, 6) is 0.770. The van der Waals surface area contributed by atoms with Crippen molar-refractivity contribution in [3.63, 3.8) is 0 Å². The predicted octanol–water partition coefficient (Wildman–Crippen LogP) is 3.03. The third kappa shape index (κ3) is 4.56. The number of carbonyl (C=O) groups excluding carboxylic acids is 1. The maximum absolute atomic E-state index is 12.5. The van der Waals surface area contributed by atoms with Gasteiger partial charge in [-0.05, 0) is 55.0 Å². The highest BCUT2D eigenvalue weighted by Gasteiger charge is 2.18. The fraction of sp³-hybridized carbons (Fsp3) is 0.450. The highest BCUT2D eigenvalue weighted by Crippen LogP contribution is 2.22. The first-order valence-corrected chi connectivity index (χ1v) is 8.99. The number of rotatable bonds is 5. The lowest BCUT2D eigenvalue weighted by atomic mass is 9.99. The van der Waals surface area contributed by atoms with Crippen molar-refractivity contribution in [2.24, 2.45) is 5.92 Å². The molecule has 0 bridgehead atoms. The van der Waals surface area contributed by atoms with Gasteiger partial charge in [-0.2, -0.15) is 0 Å². The lowest BCUT2D eigenvalue weighted by Crippen LogP contribution is -2.33. The molecule has 5 heteroatoms. The average Bonchev–Trinajstić information content (AvgIpc) is 2.67. The highest BCUT2D eigenvalue weighted by atomic mass is 16.2. The van der Waals surface area contributed by atoms with E-state index in [0.29, 0.717) is 12.2 Å². The number of piperidine rings is 1. The standard InChI is InChI=1S/C20H26N4O/c1-16-7-13-24(14-8-16)18-3-4-19(22-15-18)20(25)23(2)12-9-17-5-10-21-11-6-17/h3-6,10-11,15-16H,7-9,12-14H2,1-2H3. The van der Waals surface area contributed by atoms with Crippen LogP contribution in [-0.4, -0.2) is 47.5 Å². The fourth-order valence-electron chi connectivity index (χ4n) is 3.11. The van der Waals surface area contributed by atoms with Crippen molar-refractivity contribution < 1.29 is 4.79 Å². The van der Waals surface area contributed by atoms with Gasteiger partial charge in [0, 0.05) is 39.1 Å². The number of anilines is 1. The van der Waals surface area contributed by atoms with Crippen LogP contribution in [0.1, 0.15) is 35.8 Å². The van der Waals surface area contributed by atoms with Crippen LogP contribution in [0.25, 0.3) is 0 Å². The Balaban J connectivity index is 1.56. The average molecular weight is 338 g/mol. The number of aromatic nitrogens is 2. The summed E-state index contributed by atoms with van der Waals surface area (Å²) in [5.41, 5.74) is 2.80. The van der Waals surface area contributed by atoms with Crippen LogP contribution in [0.4, 0.5) is 5.69 Å². The number of carbonyl (C=O) groups is 1. The van der Waals surface area contributed by atoms with Gasteiger partial charge in [0.15, 0.2) is 0 Å². The van der Waals surface area contributed by atoms with E-state index in [9.17, 15) is 4.79 Å². The molecule has 1 fully saturated rings. The highest BCUT2D eigenvalue weighted by molar-refractivity contribution is 5.92. The van der Waals surface area contributed by atoms with Crippen LogP contribution in [0.15, 0.2) is 42.9 Å². The maximum Gasteiger partial charge on any atom is 0.272 e. The van der Waals surface area contributed by atoms with Crippen LogP contribution in [-0.2, 0) is 6.42 Å². The molecule has 2 aromatic heterocycles. The Morgan fingerprint density at radius 1 is 1.20 bits per heavy atom. The molecule has 0 aromatic carbocycles. The molecule has 0 aliphatic carbocycles. The molecule has 1 amide bonds. The van der Waals surface area contributed by atoms with Crippen LogP contribution in [0, 0.1) is 5.92 Å². The van der Waals surface area contributed by atoms with E-state index in [4.69, 9.17) is 0 Å². The molecular weight excluding hydrogens is 312 g/mol. The van der Waals surface area contributed by atoms with E-state index in [2.05, 4.69) is 21.8 Å². The molecule has 5 nitrogen and oxygen atoms in total. The molecule has 0 spiro atoms. The summed E-state index contributed by atoms with van der Waals surface area (Å²) in [7, 11) is 1.82. The summed E-state index contributed by atoms with van der Waals surface area (Å²) < 4.78 is 0. The van der Waals surface area contributed by atoms with Crippen LogP contribution in [0.2, 0.25) is 0 Å². The van der Waals surface area contributed by atoms with E-state index in [1.165, 1.54) is 18.4 Å². The second-order valence-corrected chi connectivity index (χ2v) is 6.90. The van der Waals surface area contributed by atoms with Crippen molar-refractivity contribution in [1.82, 2.24) is 14.9 Å². The van der Waals surface area contributed by atoms with Gasteiger partial charge in [-0.3, -0.25) is 9.78 Å². The molecule has 3 rings (SSSR count). The summed E-state index contributed by atoms with van der Waals surface area (Å²) in [4.78, 5) is 25.0. The molecule has 2 aromatic rings. The summed E-state index contributed by atoms with van der Waals surface area (Å²) in [5, 5.41) is 0. The van der Waals surface area contributed by atoms with Crippen molar-refractivity contribution >= 4 is 11.6 Å². The van der Waals surface area contributed by atoms with Gasteiger partial charge in [0.25, 0.3) is 5.91 Å². The third-order valence-electron chi connectivity index (χ3n) is 4.95. The van der Waals surface area contributed by atoms with E-state index in [1.807, 2.05) is 37.5 Å². The van der Waals surface area contributed by atoms with Crippen LogP contribution < -0.4 is 4.90 Å². The summed E-state index contributed by atoms with van der Waals surface area (Å²) in [6.45, 7) is 5.11. The second-order valence-electron chi connectivity index (χ2n) is 6.90. The normalized spacial score (nSPS) is 15.2. The smallest absolute Gasteiger partial charge is 0.272 e. The summed E-state index contributed by atoms with van der Waals surface area (Å²) in [6, 6.07) is 7.82. The van der Waals surface area contributed by atoms with Crippen molar-refractivity contribution in [3.05, 3.63) is 54.1 Å². The molecule has 1 aliphatic rings. The molecule has 1 saturated heterocycles. The number of hydrogen-bond donors (Lipinski definition) is 0. The Labute approximate surface area is 149 Å².